The third-order valence-electron chi connectivity index (χ3n) is 6.56. The number of esters is 2. The van der Waals surface area contributed by atoms with Crippen LogP contribution in [0.15, 0.2) is 33.3 Å². The lowest BCUT2D eigenvalue weighted by Gasteiger charge is -2.22. The first kappa shape index (κ1) is 32.2. The number of hydrogen-bond acceptors (Lipinski definition) is 8. The second-order valence-electron chi connectivity index (χ2n) is 12.1. The summed E-state index contributed by atoms with van der Waals surface area (Å²) >= 11 is 12.2. The lowest BCUT2D eigenvalue weighted by atomic mass is 9.92. The highest BCUT2D eigenvalue weighted by Gasteiger charge is 2.41. The Hall–Kier alpha value is -3.31. The molecule has 4 heterocycles. The SMILES string of the molecule is CC(=O)OC1C(Cl)=C(C)C(=O)N1c1cc(C(C)(C)C)n(C)n1.CC1=C(Cl)C(Nc2cc(C(C)(C)C)n(C)n2)OC1=O. The number of rotatable bonds is 4. The van der Waals surface area contributed by atoms with E-state index in [0.717, 1.165) is 11.4 Å². The van der Waals surface area contributed by atoms with Crippen molar-refractivity contribution in [2.75, 3.05) is 10.2 Å². The van der Waals surface area contributed by atoms with Crippen molar-refractivity contribution >= 4 is 52.7 Å². The summed E-state index contributed by atoms with van der Waals surface area (Å²) in [5.74, 6) is -0.163. The average molecular weight is 610 g/mol. The van der Waals surface area contributed by atoms with Gasteiger partial charge in [-0.2, -0.15) is 10.2 Å². The van der Waals surface area contributed by atoms with Gasteiger partial charge >= 0.3 is 11.9 Å². The number of ether oxygens (including phenoxy) is 2. The molecule has 2 aromatic heterocycles. The lowest BCUT2D eigenvalue weighted by molar-refractivity contribution is -0.144. The minimum Gasteiger partial charge on any atom is -0.436 e. The summed E-state index contributed by atoms with van der Waals surface area (Å²) in [5.41, 5.74) is 2.69. The summed E-state index contributed by atoms with van der Waals surface area (Å²) in [6.07, 6.45) is -1.59. The van der Waals surface area contributed by atoms with Crippen LogP contribution < -0.4 is 10.2 Å². The van der Waals surface area contributed by atoms with Crippen molar-refractivity contribution in [1.29, 1.82) is 0 Å². The summed E-state index contributed by atoms with van der Waals surface area (Å²) in [4.78, 5) is 36.4. The number of carbonyl (C=O) groups excluding carboxylic acids is 3. The van der Waals surface area contributed by atoms with E-state index < -0.39 is 24.4 Å². The van der Waals surface area contributed by atoms with Gasteiger partial charge in [0.25, 0.3) is 5.91 Å². The van der Waals surface area contributed by atoms with Gasteiger partial charge in [-0.3, -0.25) is 19.0 Å². The van der Waals surface area contributed by atoms with Gasteiger partial charge in [0, 0.05) is 60.9 Å². The summed E-state index contributed by atoms with van der Waals surface area (Å²) in [7, 11) is 3.70. The lowest BCUT2D eigenvalue weighted by Crippen LogP contribution is -2.38. The fourth-order valence-corrected chi connectivity index (χ4v) is 4.85. The molecule has 2 aliphatic rings. The summed E-state index contributed by atoms with van der Waals surface area (Å²) in [5, 5.41) is 12.4. The molecule has 0 saturated heterocycles. The molecule has 0 saturated carbocycles. The Bertz CT molecular complexity index is 1440. The largest absolute Gasteiger partial charge is 0.436 e. The molecule has 11 nitrogen and oxygen atoms in total. The maximum Gasteiger partial charge on any atom is 0.337 e. The average Bonchev–Trinajstić information content (AvgIpc) is 3.53. The van der Waals surface area contributed by atoms with E-state index in [2.05, 4.69) is 57.1 Å². The van der Waals surface area contributed by atoms with E-state index in [1.54, 1.807) is 18.5 Å². The maximum absolute atomic E-state index is 12.4. The Morgan fingerprint density at radius 2 is 1.46 bits per heavy atom. The molecule has 4 rings (SSSR count). The molecule has 0 bridgehead atoms. The van der Waals surface area contributed by atoms with Crippen LogP contribution in [0.5, 0.6) is 0 Å². The minimum atomic E-state index is -0.950. The van der Waals surface area contributed by atoms with Crippen LogP contribution in [0.2, 0.25) is 0 Å². The zero-order valence-corrected chi connectivity index (χ0v) is 26.9. The topological polar surface area (TPSA) is 121 Å². The van der Waals surface area contributed by atoms with Crippen LogP contribution in [0.25, 0.3) is 0 Å². The number of anilines is 2. The van der Waals surface area contributed by atoms with Crippen LogP contribution in [-0.2, 0) is 48.8 Å². The monoisotopic (exact) mass is 608 g/mol. The van der Waals surface area contributed by atoms with Gasteiger partial charge in [-0.05, 0) is 13.8 Å². The molecule has 2 unspecified atom stereocenters. The van der Waals surface area contributed by atoms with Crippen LogP contribution in [0, 0.1) is 0 Å². The second-order valence-corrected chi connectivity index (χ2v) is 12.9. The van der Waals surface area contributed by atoms with E-state index in [0.29, 0.717) is 27.8 Å². The number of nitrogens with zero attached hydrogens (tertiary/aromatic N) is 5. The fourth-order valence-electron chi connectivity index (χ4n) is 4.45. The molecule has 13 heteroatoms. The summed E-state index contributed by atoms with van der Waals surface area (Å²) in [6.45, 7) is 17.0. The van der Waals surface area contributed by atoms with E-state index >= 15 is 0 Å². The fraction of sp³-hybridized carbons (Fsp3) is 0.536. The van der Waals surface area contributed by atoms with Crippen molar-refractivity contribution in [3.8, 4) is 0 Å². The van der Waals surface area contributed by atoms with E-state index in [9.17, 15) is 14.4 Å². The van der Waals surface area contributed by atoms with Crippen molar-refractivity contribution in [2.45, 2.75) is 85.6 Å². The highest BCUT2D eigenvalue weighted by atomic mass is 35.5. The van der Waals surface area contributed by atoms with Gasteiger partial charge in [-0.15, -0.1) is 0 Å². The van der Waals surface area contributed by atoms with Gasteiger partial charge in [-0.25, -0.2) is 9.69 Å². The van der Waals surface area contributed by atoms with Crippen LogP contribution in [0.3, 0.4) is 0 Å². The Balaban J connectivity index is 0.000000228. The number of cyclic esters (lactones) is 1. The number of aryl methyl sites for hydroxylation is 2. The molecule has 1 N–H and O–H groups in total. The Morgan fingerprint density at radius 3 is 1.90 bits per heavy atom. The molecule has 0 fully saturated rings. The van der Waals surface area contributed by atoms with Gasteiger partial charge in [0.2, 0.25) is 12.5 Å². The normalized spacial score (nSPS) is 19.5. The van der Waals surface area contributed by atoms with E-state index in [1.165, 1.54) is 11.8 Å². The number of aromatic nitrogens is 4. The molecule has 0 radical (unpaired) electrons. The van der Waals surface area contributed by atoms with Crippen molar-refractivity contribution in [2.24, 2.45) is 14.1 Å². The van der Waals surface area contributed by atoms with E-state index in [1.807, 2.05) is 30.9 Å². The van der Waals surface area contributed by atoms with E-state index in [4.69, 9.17) is 32.7 Å². The van der Waals surface area contributed by atoms with Crippen molar-refractivity contribution < 1.29 is 23.9 Å². The quantitative estimate of drug-likeness (QED) is 0.482. The van der Waals surface area contributed by atoms with Gasteiger partial charge in [-0.1, -0.05) is 64.7 Å². The molecular formula is C28H38Cl2N6O5. The molecule has 41 heavy (non-hydrogen) atoms. The zero-order valence-electron chi connectivity index (χ0n) is 25.3. The first-order chi connectivity index (χ1) is 18.7. The molecule has 0 aromatic carbocycles. The van der Waals surface area contributed by atoms with Crippen LogP contribution in [0.4, 0.5) is 11.6 Å². The van der Waals surface area contributed by atoms with Crippen molar-refractivity contribution in [3.05, 3.63) is 44.7 Å². The molecule has 0 spiro atoms. The third-order valence-corrected chi connectivity index (χ3v) is 7.51. The number of hydrogen-bond donors (Lipinski definition) is 1. The molecule has 0 aliphatic carbocycles. The molecule has 2 atom stereocenters. The molecule has 224 valence electrons. The predicted molar refractivity (Wildman–Crippen MR) is 157 cm³/mol. The van der Waals surface area contributed by atoms with Crippen LogP contribution in [-0.4, -0.2) is 49.9 Å². The number of amides is 1. The number of halogens is 2. The van der Waals surface area contributed by atoms with Crippen LogP contribution >= 0.6 is 23.2 Å². The molecule has 2 aliphatic heterocycles. The highest BCUT2D eigenvalue weighted by molar-refractivity contribution is 6.35. The molecule has 2 aromatic rings. The van der Waals surface area contributed by atoms with Crippen molar-refractivity contribution in [1.82, 2.24) is 19.6 Å². The number of nitrogens with one attached hydrogen (secondary N) is 1. The highest BCUT2D eigenvalue weighted by Crippen LogP contribution is 2.35. The predicted octanol–water partition coefficient (Wildman–Crippen LogP) is 4.99. The zero-order chi connectivity index (χ0) is 31.2. The van der Waals surface area contributed by atoms with Crippen LogP contribution in [0.1, 0.15) is 73.7 Å². The van der Waals surface area contributed by atoms with E-state index in [-0.39, 0.29) is 21.8 Å². The van der Waals surface area contributed by atoms with Gasteiger partial charge in [0.05, 0.1) is 15.6 Å². The standard InChI is InChI=1S/C15H20ClN3O3.C13H18ClN3O2/c1-8-12(16)14(22-9(2)20)19(13(8)21)11-7-10(15(3,4)5)18(6)17-11;1-7-10(14)11(19-12(7)18)15-9-6-8(13(2,3)4)17(5)16-9/h7,14H,1-6H3;6,11H,1-5H3,(H,15,16). The molecular weight excluding hydrogens is 571 g/mol. The second kappa shape index (κ2) is 11.5. The Labute approximate surface area is 250 Å². The minimum absolute atomic E-state index is 0.0103. The van der Waals surface area contributed by atoms with Crippen molar-refractivity contribution in [3.63, 3.8) is 0 Å². The summed E-state index contributed by atoms with van der Waals surface area (Å²) in [6, 6.07) is 3.75. The van der Waals surface area contributed by atoms with Gasteiger partial charge in [0.15, 0.2) is 11.6 Å². The smallest absolute Gasteiger partial charge is 0.337 e. The summed E-state index contributed by atoms with van der Waals surface area (Å²) < 4.78 is 13.8. The van der Waals surface area contributed by atoms with Gasteiger partial charge in [0.1, 0.15) is 0 Å². The first-order valence-electron chi connectivity index (χ1n) is 13.0. The maximum atomic E-state index is 12.4. The number of carbonyl (C=O) groups is 3. The third kappa shape index (κ3) is 6.78. The first-order valence-corrected chi connectivity index (χ1v) is 13.8. The Morgan fingerprint density at radius 1 is 0.927 bits per heavy atom. The Kier molecular flexibility index (Phi) is 9.05. The molecule has 1 amide bonds. The van der Waals surface area contributed by atoms with Gasteiger partial charge < -0.3 is 14.8 Å².